The number of carbonyl (C=O) groups excluding carboxylic acids is 2. The van der Waals surface area contributed by atoms with Crippen LogP contribution >= 0.6 is 0 Å². The molecule has 0 radical (unpaired) electrons. The largest absolute Gasteiger partial charge is 0.351 e. The Labute approximate surface area is 101 Å². The molecule has 3 N–H and O–H groups in total. The van der Waals surface area contributed by atoms with E-state index in [4.69, 9.17) is 11.0 Å². The fourth-order valence-electron chi connectivity index (χ4n) is 1.12. The maximum Gasteiger partial charge on any atom is 0.319 e. The van der Waals surface area contributed by atoms with Gasteiger partial charge in [0.1, 0.15) is 11.6 Å². The van der Waals surface area contributed by atoms with E-state index in [0.717, 1.165) is 12.1 Å². The first kappa shape index (κ1) is 13.3. The number of nitrogens with zero attached hydrogens (tertiary/aromatic N) is 1. The average Bonchev–Trinajstić information content (AvgIpc) is 2.30. The van der Waals surface area contributed by atoms with E-state index in [1.165, 1.54) is 18.2 Å². The molecule has 1 aromatic rings. The summed E-state index contributed by atoms with van der Waals surface area (Å²) in [5.74, 6) is -3.40. The number of nitrogens with one attached hydrogen (secondary N) is 1. The van der Waals surface area contributed by atoms with Crippen molar-refractivity contribution in [2.24, 2.45) is 5.73 Å². The third-order valence-electron chi connectivity index (χ3n) is 1.88. The Bertz CT molecular complexity index is 576. The molecule has 0 atom stereocenters. The fourth-order valence-corrected chi connectivity index (χ4v) is 1.12. The van der Waals surface area contributed by atoms with Gasteiger partial charge in [-0.1, -0.05) is 12.1 Å². The van der Waals surface area contributed by atoms with Crippen LogP contribution in [0.25, 0.3) is 6.08 Å². The maximum atomic E-state index is 13.3. The van der Waals surface area contributed by atoms with Gasteiger partial charge in [0.15, 0.2) is 11.6 Å². The Hall–Kier alpha value is -2.75. The standard InChI is InChI=1S/C11H7F2N3O2/c12-8-3-1-2-6(9(8)13)4-7(5-14)10(17)16-11(15)18/h1-4H,(H3,15,16,17,18). The smallest absolute Gasteiger partial charge is 0.319 e. The first-order valence-electron chi connectivity index (χ1n) is 4.62. The molecule has 1 aromatic carbocycles. The molecule has 0 aromatic heterocycles. The lowest BCUT2D eigenvalue weighted by Gasteiger charge is -2.00. The summed E-state index contributed by atoms with van der Waals surface area (Å²) in [4.78, 5) is 21.7. The van der Waals surface area contributed by atoms with Gasteiger partial charge in [0.05, 0.1) is 0 Å². The molecule has 0 unspecified atom stereocenters. The Morgan fingerprint density at radius 3 is 2.61 bits per heavy atom. The summed E-state index contributed by atoms with van der Waals surface area (Å²) in [6.45, 7) is 0. The van der Waals surface area contributed by atoms with Gasteiger partial charge >= 0.3 is 6.03 Å². The van der Waals surface area contributed by atoms with E-state index in [-0.39, 0.29) is 5.56 Å². The van der Waals surface area contributed by atoms with E-state index in [2.05, 4.69) is 0 Å². The second-order valence-electron chi connectivity index (χ2n) is 3.13. The van der Waals surface area contributed by atoms with Crippen molar-refractivity contribution >= 4 is 18.0 Å². The number of nitriles is 1. The van der Waals surface area contributed by atoms with Crippen LogP contribution in [0.1, 0.15) is 5.56 Å². The van der Waals surface area contributed by atoms with Crippen LogP contribution < -0.4 is 11.1 Å². The molecule has 0 aliphatic carbocycles. The van der Waals surface area contributed by atoms with Gasteiger partial charge in [-0.25, -0.2) is 13.6 Å². The molecule has 5 nitrogen and oxygen atoms in total. The van der Waals surface area contributed by atoms with Crippen LogP contribution in [-0.2, 0) is 4.79 Å². The number of rotatable bonds is 2. The lowest BCUT2D eigenvalue weighted by Crippen LogP contribution is -2.35. The zero-order valence-electron chi connectivity index (χ0n) is 8.91. The summed E-state index contributed by atoms with van der Waals surface area (Å²) in [6, 6.07) is 3.58. The third kappa shape index (κ3) is 3.12. The van der Waals surface area contributed by atoms with Gasteiger partial charge in [-0.2, -0.15) is 5.26 Å². The van der Waals surface area contributed by atoms with Crippen molar-refractivity contribution in [1.29, 1.82) is 5.26 Å². The quantitative estimate of drug-likeness (QED) is 0.607. The lowest BCUT2D eigenvalue weighted by atomic mass is 10.1. The number of hydrogen-bond donors (Lipinski definition) is 2. The van der Waals surface area contributed by atoms with Crippen LogP contribution in [0, 0.1) is 23.0 Å². The first-order chi connectivity index (χ1) is 8.45. The van der Waals surface area contributed by atoms with Crippen LogP contribution in [0.15, 0.2) is 23.8 Å². The van der Waals surface area contributed by atoms with Crippen molar-refractivity contribution < 1.29 is 18.4 Å². The molecule has 0 heterocycles. The highest BCUT2D eigenvalue weighted by molar-refractivity contribution is 6.08. The van der Waals surface area contributed by atoms with Crippen LogP contribution in [-0.4, -0.2) is 11.9 Å². The van der Waals surface area contributed by atoms with Crippen LogP contribution in [0.4, 0.5) is 13.6 Å². The maximum absolute atomic E-state index is 13.3. The predicted octanol–water partition coefficient (Wildman–Crippen LogP) is 1.07. The highest BCUT2D eigenvalue weighted by atomic mass is 19.2. The van der Waals surface area contributed by atoms with Crippen LogP contribution in [0.2, 0.25) is 0 Å². The highest BCUT2D eigenvalue weighted by Crippen LogP contribution is 2.14. The minimum atomic E-state index is -1.20. The number of carbonyl (C=O) groups is 2. The lowest BCUT2D eigenvalue weighted by molar-refractivity contribution is -0.115. The monoisotopic (exact) mass is 251 g/mol. The second kappa shape index (κ2) is 5.54. The van der Waals surface area contributed by atoms with Crippen molar-refractivity contribution in [2.45, 2.75) is 0 Å². The van der Waals surface area contributed by atoms with Gasteiger partial charge in [0.2, 0.25) is 0 Å². The third-order valence-corrected chi connectivity index (χ3v) is 1.88. The zero-order valence-corrected chi connectivity index (χ0v) is 8.91. The van der Waals surface area contributed by atoms with Crippen molar-refractivity contribution in [3.05, 3.63) is 41.0 Å². The summed E-state index contributed by atoms with van der Waals surface area (Å²) in [5.41, 5.74) is 3.83. The van der Waals surface area contributed by atoms with Gasteiger partial charge in [0.25, 0.3) is 5.91 Å². The Balaban J connectivity index is 3.13. The Morgan fingerprint density at radius 1 is 1.39 bits per heavy atom. The van der Waals surface area contributed by atoms with Crippen molar-refractivity contribution in [1.82, 2.24) is 5.32 Å². The topological polar surface area (TPSA) is 96.0 Å². The van der Waals surface area contributed by atoms with E-state index in [9.17, 15) is 18.4 Å². The molecule has 18 heavy (non-hydrogen) atoms. The van der Waals surface area contributed by atoms with E-state index in [1.807, 2.05) is 0 Å². The molecule has 0 fully saturated rings. The predicted molar refractivity (Wildman–Crippen MR) is 57.7 cm³/mol. The molecule has 0 saturated carbocycles. The zero-order chi connectivity index (χ0) is 13.7. The molecule has 0 saturated heterocycles. The minimum absolute atomic E-state index is 0.286. The summed E-state index contributed by atoms with van der Waals surface area (Å²) in [7, 11) is 0. The molecule has 3 amide bonds. The van der Waals surface area contributed by atoms with Crippen LogP contribution in [0.3, 0.4) is 0 Å². The second-order valence-corrected chi connectivity index (χ2v) is 3.13. The number of imide groups is 1. The number of halogens is 2. The van der Waals surface area contributed by atoms with Gasteiger partial charge in [-0.3, -0.25) is 10.1 Å². The molecule has 0 spiro atoms. The Morgan fingerprint density at radius 2 is 2.06 bits per heavy atom. The van der Waals surface area contributed by atoms with E-state index in [0.29, 0.717) is 0 Å². The van der Waals surface area contributed by atoms with Crippen molar-refractivity contribution in [2.75, 3.05) is 0 Å². The molecule has 0 bridgehead atoms. The average molecular weight is 251 g/mol. The molecule has 1 rings (SSSR count). The molecule has 92 valence electrons. The normalized spacial score (nSPS) is 10.6. The van der Waals surface area contributed by atoms with Gasteiger partial charge in [0, 0.05) is 5.56 Å². The van der Waals surface area contributed by atoms with Crippen molar-refractivity contribution in [3.63, 3.8) is 0 Å². The molecule has 7 heteroatoms. The minimum Gasteiger partial charge on any atom is -0.351 e. The Kier molecular flexibility index (Phi) is 4.10. The van der Waals surface area contributed by atoms with Crippen molar-refractivity contribution in [3.8, 4) is 6.07 Å². The molecule has 0 aliphatic rings. The molecular formula is C11H7F2N3O2. The molecule has 0 aliphatic heterocycles. The number of urea groups is 1. The number of nitrogens with two attached hydrogens (primary N) is 1. The SMILES string of the molecule is N#CC(=Cc1cccc(F)c1F)C(=O)NC(N)=O. The van der Waals surface area contributed by atoms with E-state index < -0.39 is 29.1 Å². The van der Waals surface area contributed by atoms with Gasteiger partial charge < -0.3 is 5.73 Å². The first-order valence-corrected chi connectivity index (χ1v) is 4.62. The van der Waals surface area contributed by atoms with E-state index >= 15 is 0 Å². The summed E-state index contributed by atoms with van der Waals surface area (Å²) in [6.07, 6.45) is 0.816. The molecular weight excluding hydrogens is 244 g/mol. The highest BCUT2D eigenvalue weighted by Gasteiger charge is 2.13. The number of amides is 3. The van der Waals surface area contributed by atoms with E-state index in [1.54, 1.807) is 5.32 Å². The van der Waals surface area contributed by atoms with Crippen LogP contribution in [0.5, 0.6) is 0 Å². The fraction of sp³-hybridized carbons (Fsp3) is 0. The van der Waals surface area contributed by atoms with Gasteiger partial charge in [-0.15, -0.1) is 0 Å². The summed E-state index contributed by atoms with van der Waals surface area (Å²) in [5, 5.41) is 10.3. The summed E-state index contributed by atoms with van der Waals surface area (Å²) >= 11 is 0. The number of benzene rings is 1. The number of hydrogen-bond acceptors (Lipinski definition) is 3. The number of primary amides is 1. The van der Waals surface area contributed by atoms with Gasteiger partial charge in [-0.05, 0) is 12.1 Å². The summed E-state index contributed by atoms with van der Waals surface area (Å²) < 4.78 is 26.2.